The number of nitrogens with zero attached hydrogens (tertiary/aromatic N) is 2. The van der Waals surface area contributed by atoms with Gasteiger partial charge in [-0.15, -0.1) is 0 Å². The van der Waals surface area contributed by atoms with Crippen LogP contribution in [0, 0.1) is 11.6 Å². The number of carboxylic acid groups (broad SMARTS) is 1. The summed E-state index contributed by atoms with van der Waals surface area (Å²) in [6.07, 6.45) is 1.00. The lowest BCUT2D eigenvalue weighted by molar-refractivity contribution is 0.0696. The predicted molar refractivity (Wildman–Crippen MR) is 89.1 cm³/mol. The van der Waals surface area contributed by atoms with E-state index in [0.717, 1.165) is 12.3 Å². The first kappa shape index (κ1) is 18.1. The number of benzene rings is 2. The monoisotopic (exact) mass is 347 g/mol. The van der Waals surface area contributed by atoms with Gasteiger partial charge in [-0.2, -0.15) is 5.10 Å². The van der Waals surface area contributed by atoms with E-state index < -0.39 is 23.5 Å². The van der Waals surface area contributed by atoms with E-state index in [1.165, 1.54) is 24.3 Å². The van der Waals surface area contributed by atoms with Crippen molar-refractivity contribution in [2.24, 2.45) is 5.10 Å². The topological polar surface area (TPSA) is 82.0 Å². The minimum atomic E-state index is -1.26. The van der Waals surface area contributed by atoms with Gasteiger partial charge in [0.15, 0.2) is 0 Å². The first-order valence-corrected chi connectivity index (χ1v) is 7.12. The van der Waals surface area contributed by atoms with Crippen LogP contribution in [-0.2, 0) is 0 Å². The van der Waals surface area contributed by atoms with E-state index in [4.69, 9.17) is 5.11 Å². The third-order valence-corrected chi connectivity index (χ3v) is 3.33. The fraction of sp³-hybridized carbons (Fsp3) is 0.118. The molecule has 0 aliphatic carbocycles. The fourth-order valence-corrected chi connectivity index (χ4v) is 1.95. The Morgan fingerprint density at radius 1 is 1.12 bits per heavy atom. The second kappa shape index (κ2) is 7.52. The lowest BCUT2D eigenvalue weighted by atomic mass is 10.1. The Labute approximate surface area is 142 Å². The second-order valence-corrected chi connectivity index (χ2v) is 5.30. The third kappa shape index (κ3) is 4.37. The van der Waals surface area contributed by atoms with Gasteiger partial charge in [0.1, 0.15) is 11.6 Å². The van der Waals surface area contributed by atoms with Crippen molar-refractivity contribution in [1.82, 2.24) is 5.43 Å². The van der Waals surface area contributed by atoms with Crippen molar-refractivity contribution in [2.45, 2.75) is 0 Å². The summed E-state index contributed by atoms with van der Waals surface area (Å²) in [6.45, 7) is 0. The molecule has 2 rings (SSSR count). The minimum Gasteiger partial charge on any atom is -0.478 e. The number of carbonyl (C=O) groups excluding carboxylic acids is 1. The molecular formula is C17H15F2N3O3. The van der Waals surface area contributed by atoms with Crippen molar-refractivity contribution < 1.29 is 23.5 Å². The molecule has 2 N–H and O–H groups in total. The molecule has 0 heterocycles. The van der Waals surface area contributed by atoms with Crippen LogP contribution in [0.2, 0.25) is 0 Å². The van der Waals surface area contributed by atoms with E-state index in [2.05, 4.69) is 10.5 Å². The van der Waals surface area contributed by atoms with E-state index in [9.17, 15) is 18.4 Å². The van der Waals surface area contributed by atoms with E-state index in [0.29, 0.717) is 5.69 Å². The fourth-order valence-electron chi connectivity index (χ4n) is 1.95. The Bertz CT molecular complexity index is 851. The molecule has 2 aromatic rings. The van der Waals surface area contributed by atoms with Gasteiger partial charge in [0.2, 0.25) is 0 Å². The van der Waals surface area contributed by atoms with Crippen LogP contribution in [0.1, 0.15) is 26.3 Å². The Balaban J connectivity index is 2.09. The first-order valence-electron chi connectivity index (χ1n) is 7.12. The summed E-state index contributed by atoms with van der Waals surface area (Å²) in [4.78, 5) is 24.3. The molecule has 0 fully saturated rings. The van der Waals surface area contributed by atoms with Crippen LogP contribution in [-0.4, -0.2) is 37.3 Å². The summed E-state index contributed by atoms with van der Waals surface area (Å²) in [5.41, 5.74) is 2.26. The summed E-state index contributed by atoms with van der Waals surface area (Å²) in [7, 11) is 3.48. The quantitative estimate of drug-likeness (QED) is 0.643. The highest BCUT2D eigenvalue weighted by molar-refractivity contribution is 5.95. The van der Waals surface area contributed by atoms with Crippen molar-refractivity contribution in [3.63, 3.8) is 0 Å². The Morgan fingerprint density at radius 2 is 1.84 bits per heavy atom. The maximum absolute atomic E-state index is 13.9. The van der Waals surface area contributed by atoms with Gasteiger partial charge in [-0.05, 0) is 36.4 Å². The van der Waals surface area contributed by atoms with Gasteiger partial charge in [0.25, 0.3) is 5.91 Å². The normalized spacial score (nSPS) is 10.7. The standard InChI is InChI=1S/C17H15F2N3O3/c1-22(2)12-5-6-13(15(19)8-12)16(23)21-20-9-11-4-3-10(17(24)25)7-14(11)18/h3-9H,1-2H3,(H,21,23)(H,24,25). The van der Waals surface area contributed by atoms with Gasteiger partial charge in [0.05, 0.1) is 17.3 Å². The summed E-state index contributed by atoms with van der Waals surface area (Å²) < 4.78 is 27.7. The molecule has 0 saturated heterocycles. The first-order chi connectivity index (χ1) is 11.8. The average Bonchev–Trinajstić information content (AvgIpc) is 2.55. The number of amides is 1. The van der Waals surface area contributed by atoms with E-state index in [-0.39, 0.29) is 16.7 Å². The van der Waals surface area contributed by atoms with Crippen molar-refractivity contribution in [1.29, 1.82) is 0 Å². The smallest absolute Gasteiger partial charge is 0.335 e. The van der Waals surface area contributed by atoms with Crippen molar-refractivity contribution in [3.05, 3.63) is 64.7 Å². The van der Waals surface area contributed by atoms with Gasteiger partial charge in [-0.1, -0.05) is 0 Å². The van der Waals surface area contributed by atoms with Crippen molar-refractivity contribution >= 4 is 23.8 Å². The number of carbonyl (C=O) groups is 2. The molecule has 0 spiro atoms. The maximum Gasteiger partial charge on any atom is 0.335 e. The number of anilines is 1. The number of aromatic carboxylic acids is 1. The van der Waals surface area contributed by atoms with Gasteiger partial charge < -0.3 is 10.0 Å². The van der Waals surface area contributed by atoms with Gasteiger partial charge >= 0.3 is 5.97 Å². The molecule has 0 unspecified atom stereocenters. The van der Waals surface area contributed by atoms with Crippen molar-refractivity contribution in [3.8, 4) is 0 Å². The summed E-state index contributed by atoms with van der Waals surface area (Å²) in [5.74, 6) is -3.57. The summed E-state index contributed by atoms with van der Waals surface area (Å²) in [6, 6.07) is 7.35. The Kier molecular flexibility index (Phi) is 5.43. The van der Waals surface area contributed by atoms with Crippen LogP contribution in [0.5, 0.6) is 0 Å². The van der Waals surface area contributed by atoms with Crippen LogP contribution < -0.4 is 10.3 Å². The van der Waals surface area contributed by atoms with Crippen LogP contribution in [0.3, 0.4) is 0 Å². The Hall–Kier alpha value is -3.29. The number of carboxylic acids is 1. The molecule has 0 aliphatic heterocycles. The number of hydrazone groups is 1. The van der Waals surface area contributed by atoms with E-state index >= 15 is 0 Å². The van der Waals surface area contributed by atoms with E-state index in [1.54, 1.807) is 25.1 Å². The molecule has 0 bridgehead atoms. The summed E-state index contributed by atoms with van der Waals surface area (Å²) >= 11 is 0. The van der Waals surface area contributed by atoms with Crippen LogP contribution in [0.4, 0.5) is 14.5 Å². The zero-order valence-electron chi connectivity index (χ0n) is 13.5. The number of hydrogen-bond donors (Lipinski definition) is 2. The highest BCUT2D eigenvalue weighted by Crippen LogP contribution is 2.16. The third-order valence-electron chi connectivity index (χ3n) is 3.33. The number of nitrogens with one attached hydrogen (secondary N) is 1. The maximum atomic E-state index is 13.9. The molecule has 25 heavy (non-hydrogen) atoms. The average molecular weight is 347 g/mol. The molecule has 0 saturated carbocycles. The van der Waals surface area contributed by atoms with Gasteiger partial charge in [-0.25, -0.2) is 19.0 Å². The molecule has 2 aromatic carbocycles. The second-order valence-electron chi connectivity index (χ2n) is 5.30. The molecule has 130 valence electrons. The highest BCUT2D eigenvalue weighted by atomic mass is 19.1. The predicted octanol–water partition coefficient (Wildman–Crippen LogP) is 2.49. The number of halogens is 2. The molecular weight excluding hydrogens is 332 g/mol. The van der Waals surface area contributed by atoms with Crippen LogP contribution >= 0.6 is 0 Å². The molecule has 0 aliphatic rings. The molecule has 0 aromatic heterocycles. The zero-order valence-corrected chi connectivity index (χ0v) is 13.5. The molecule has 8 heteroatoms. The van der Waals surface area contributed by atoms with E-state index in [1.807, 2.05) is 0 Å². The SMILES string of the molecule is CN(C)c1ccc(C(=O)NN=Cc2ccc(C(=O)O)cc2F)c(F)c1. The highest BCUT2D eigenvalue weighted by Gasteiger charge is 2.12. The van der Waals surface area contributed by atoms with Gasteiger partial charge in [-0.3, -0.25) is 4.79 Å². The number of hydrogen-bond acceptors (Lipinski definition) is 4. The molecule has 0 radical (unpaired) electrons. The summed E-state index contributed by atoms with van der Waals surface area (Å²) in [5, 5.41) is 12.3. The lowest BCUT2D eigenvalue weighted by Gasteiger charge is -2.13. The Morgan fingerprint density at radius 3 is 2.40 bits per heavy atom. The van der Waals surface area contributed by atoms with Crippen LogP contribution in [0.15, 0.2) is 41.5 Å². The molecule has 6 nitrogen and oxygen atoms in total. The number of rotatable bonds is 5. The van der Waals surface area contributed by atoms with Crippen molar-refractivity contribution in [2.75, 3.05) is 19.0 Å². The van der Waals surface area contributed by atoms with Crippen LogP contribution in [0.25, 0.3) is 0 Å². The molecule has 0 atom stereocenters. The molecule has 1 amide bonds. The minimum absolute atomic E-state index is 0.0197. The lowest BCUT2D eigenvalue weighted by Crippen LogP contribution is -2.19. The largest absolute Gasteiger partial charge is 0.478 e. The van der Waals surface area contributed by atoms with Gasteiger partial charge in [0, 0.05) is 25.3 Å². The zero-order chi connectivity index (χ0) is 18.6.